The first-order chi connectivity index (χ1) is 17.7. The number of likely N-dealkylation sites (tertiary alicyclic amines) is 1. The molecular formula is C26H29F3N6O2. The molecule has 1 amide bonds. The zero-order valence-corrected chi connectivity index (χ0v) is 20.8. The molecule has 0 saturated carbocycles. The number of halogens is 3. The highest BCUT2D eigenvalue weighted by atomic mass is 19.4. The number of amides is 1. The number of benzene rings is 1. The number of fused-ring (bicyclic) bond motifs is 1. The van der Waals surface area contributed by atoms with Crippen LogP contribution < -0.4 is 9.64 Å². The number of likely N-dealkylation sites (N-methyl/N-ethyl adjacent to an activating group) is 1. The summed E-state index contributed by atoms with van der Waals surface area (Å²) in [7, 11) is 2.12. The number of piperazine rings is 1. The molecule has 5 rings (SSSR count). The third kappa shape index (κ3) is 5.61. The second kappa shape index (κ2) is 10.1. The first kappa shape index (κ1) is 25.2. The number of pyridine rings is 1. The number of hydrogen-bond acceptors (Lipinski definition) is 7. The van der Waals surface area contributed by atoms with Crippen LogP contribution in [-0.4, -0.2) is 83.3 Å². The number of aromatic nitrogens is 3. The van der Waals surface area contributed by atoms with Gasteiger partial charge in [-0.2, -0.15) is 0 Å². The lowest BCUT2D eigenvalue weighted by atomic mass is 9.83. The number of rotatable bonds is 4. The van der Waals surface area contributed by atoms with E-state index in [0.29, 0.717) is 25.1 Å². The molecule has 11 heteroatoms. The van der Waals surface area contributed by atoms with Gasteiger partial charge in [0.05, 0.1) is 23.1 Å². The van der Waals surface area contributed by atoms with E-state index in [1.54, 1.807) is 11.2 Å². The molecule has 0 spiro atoms. The van der Waals surface area contributed by atoms with E-state index in [2.05, 4.69) is 44.5 Å². The van der Waals surface area contributed by atoms with Gasteiger partial charge in [-0.1, -0.05) is 6.92 Å². The van der Waals surface area contributed by atoms with Crippen molar-refractivity contribution in [3.05, 3.63) is 54.1 Å². The van der Waals surface area contributed by atoms with Crippen molar-refractivity contribution < 1.29 is 22.7 Å². The number of hydrogen-bond donors (Lipinski definition) is 0. The maximum atomic E-state index is 13.0. The number of nitrogens with zero attached hydrogens (tertiary/aromatic N) is 6. The zero-order valence-electron chi connectivity index (χ0n) is 20.8. The molecule has 0 aliphatic carbocycles. The third-order valence-corrected chi connectivity index (χ3v) is 7.24. The Labute approximate surface area is 213 Å². The van der Waals surface area contributed by atoms with E-state index in [4.69, 9.17) is 4.98 Å². The van der Waals surface area contributed by atoms with Crippen LogP contribution in [0.25, 0.3) is 11.0 Å². The van der Waals surface area contributed by atoms with E-state index in [1.165, 1.54) is 12.1 Å². The molecular weight excluding hydrogens is 485 g/mol. The molecule has 2 saturated heterocycles. The minimum Gasteiger partial charge on any atom is -0.406 e. The quantitative estimate of drug-likeness (QED) is 0.522. The maximum Gasteiger partial charge on any atom is 0.573 e. The van der Waals surface area contributed by atoms with Crippen molar-refractivity contribution in [1.29, 1.82) is 0 Å². The molecule has 2 aromatic heterocycles. The van der Waals surface area contributed by atoms with E-state index >= 15 is 0 Å². The van der Waals surface area contributed by atoms with Gasteiger partial charge in [0.15, 0.2) is 0 Å². The Morgan fingerprint density at radius 2 is 1.76 bits per heavy atom. The van der Waals surface area contributed by atoms with Crippen molar-refractivity contribution in [2.24, 2.45) is 5.92 Å². The van der Waals surface area contributed by atoms with E-state index in [-0.39, 0.29) is 23.5 Å². The van der Waals surface area contributed by atoms with E-state index in [9.17, 15) is 18.0 Å². The fourth-order valence-corrected chi connectivity index (χ4v) is 5.18. The number of piperidine rings is 1. The first-order valence-corrected chi connectivity index (χ1v) is 12.4. The summed E-state index contributed by atoms with van der Waals surface area (Å²) in [6.45, 7) is 7.01. The van der Waals surface area contributed by atoms with Gasteiger partial charge in [0, 0.05) is 50.7 Å². The lowest BCUT2D eigenvalue weighted by molar-refractivity contribution is -0.274. The second-order valence-electron chi connectivity index (χ2n) is 9.81. The Hall–Kier alpha value is -3.47. The Morgan fingerprint density at radius 1 is 1.03 bits per heavy atom. The average Bonchev–Trinajstić information content (AvgIpc) is 2.87. The molecule has 4 heterocycles. The second-order valence-corrected chi connectivity index (χ2v) is 9.81. The van der Waals surface area contributed by atoms with Gasteiger partial charge in [-0.3, -0.25) is 9.78 Å². The van der Waals surface area contributed by atoms with Crippen molar-refractivity contribution in [3.63, 3.8) is 0 Å². The summed E-state index contributed by atoms with van der Waals surface area (Å²) in [5.74, 6) is -0.344. The lowest BCUT2D eigenvalue weighted by Crippen LogP contribution is -2.44. The SMILES string of the molecule is CC1CN(C(=O)c2ccc(OC(F)(F)F)cc2)CCC1c1ncnc2cc(N3CCN(C)CC3)cnc12. The Bertz CT molecular complexity index is 1260. The summed E-state index contributed by atoms with van der Waals surface area (Å²) >= 11 is 0. The topological polar surface area (TPSA) is 74.7 Å². The predicted molar refractivity (Wildman–Crippen MR) is 133 cm³/mol. The molecule has 2 atom stereocenters. The maximum absolute atomic E-state index is 13.0. The monoisotopic (exact) mass is 514 g/mol. The molecule has 37 heavy (non-hydrogen) atoms. The minimum atomic E-state index is -4.77. The molecule has 2 aliphatic rings. The molecule has 0 radical (unpaired) electrons. The Morgan fingerprint density at radius 3 is 2.43 bits per heavy atom. The van der Waals surface area contributed by atoms with E-state index < -0.39 is 6.36 Å². The van der Waals surface area contributed by atoms with Crippen molar-refractivity contribution in [3.8, 4) is 5.75 Å². The van der Waals surface area contributed by atoms with Crippen LogP contribution in [0.5, 0.6) is 5.75 Å². The molecule has 196 valence electrons. The van der Waals surface area contributed by atoms with E-state index in [1.807, 2.05) is 6.20 Å². The molecule has 2 fully saturated rings. The highest BCUT2D eigenvalue weighted by Crippen LogP contribution is 2.35. The molecule has 2 aliphatic heterocycles. The number of ether oxygens (including phenoxy) is 1. The molecule has 8 nitrogen and oxygen atoms in total. The fraction of sp³-hybridized carbons (Fsp3) is 0.462. The summed E-state index contributed by atoms with van der Waals surface area (Å²) in [5, 5.41) is 0. The number of carbonyl (C=O) groups is 1. The normalized spacial score (nSPS) is 21.3. The van der Waals surface area contributed by atoms with Crippen LogP contribution in [0.3, 0.4) is 0 Å². The summed E-state index contributed by atoms with van der Waals surface area (Å²) in [4.78, 5) is 33.2. The Kier molecular flexibility index (Phi) is 6.89. The average molecular weight is 515 g/mol. The van der Waals surface area contributed by atoms with Crippen molar-refractivity contribution in [2.45, 2.75) is 25.6 Å². The van der Waals surface area contributed by atoms with Crippen molar-refractivity contribution >= 4 is 22.6 Å². The standard InChI is InChI=1S/C26H29F3N6O2/c1-17-15-35(25(36)18-3-5-20(6-4-18)37-26(27,28)29)8-7-21(17)23-24-22(31-16-32-23)13-19(14-30-24)34-11-9-33(2)10-12-34/h3-6,13-14,16-17,21H,7-12,15H2,1-2H3. The van der Waals surface area contributed by atoms with Crippen LogP contribution in [0, 0.1) is 5.92 Å². The summed E-state index contributed by atoms with van der Waals surface area (Å²) in [5.41, 5.74) is 3.88. The molecule has 3 aromatic rings. The number of anilines is 1. The molecule has 0 N–H and O–H groups in total. The van der Waals surface area contributed by atoms with Gasteiger partial charge < -0.3 is 19.4 Å². The highest BCUT2D eigenvalue weighted by molar-refractivity contribution is 5.94. The predicted octanol–water partition coefficient (Wildman–Crippen LogP) is 3.94. The third-order valence-electron chi connectivity index (χ3n) is 7.24. The van der Waals surface area contributed by atoms with Gasteiger partial charge in [-0.25, -0.2) is 9.97 Å². The van der Waals surface area contributed by atoms with Crippen LogP contribution in [0.4, 0.5) is 18.9 Å². The van der Waals surface area contributed by atoms with Crippen LogP contribution in [0.2, 0.25) is 0 Å². The van der Waals surface area contributed by atoms with Gasteiger partial charge in [0.1, 0.15) is 17.6 Å². The number of carbonyl (C=O) groups excluding carboxylic acids is 1. The largest absolute Gasteiger partial charge is 0.573 e. The van der Waals surface area contributed by atoms with Gasteiger partial charge >= 0.3 is 6.36 Å². The van der Waals surface area contributed by atoms with E-state index in [0.717, 1.165) is 60.7 Å². The molecule has 0 bridgehead atoms. The van der Waals surface area contributed by atoms with Crippen LogP contribution in [0.15, 0.2) is 42.9 Å². The fourth-order valence-electron chi connectivity index (χ4n) is 5.18. The first-order valence-electron chi connectivity index (χ1n) is 12.4. The molecule has 2 unspecified atom stereocenters. The summed E-state index contributed by atoms with van der Waals surface area (Å²) < 4.78 is 41.1. The minimum absolute atomic E-state index is 0.110. The van der Waals surface area contributed by atoms with Gasteiger partial charge in [0.2, 0.25) is 0 Å². The van der Waals surface area contributed by atoms with Crippen LogP contribution >= 0.6 is 0 Å². The van der Waals surface area contributed by atoms with Gasteiger partial charge in [-0.05, 0) is 49.7 Å². The van der Waals surface area contributed by atoms with Crippen molar-refractivity contribution in [2.75, 3.05) is 51.2 Å². The molecule has 1 aromatic carbocycles. The zero-order chi connectivity index (χ0) is 26.2. The van der Waals surface area contributed by atoms with Crippen LogP contribution in [-0.2, 0) is 0 Å². The number of alkyl halides is 3. The lowest BCUT2D eigenvalue weighted by Gasteiger charge is -2.37. The summed E-state index contributed by atoms with van der Waals surface area (Å²) in [6.07, 6.45) is -0.580. The summed E-state index contributed by atoms with van der Waals surface area (Å²) in [6, 6.07) is 7.12. The smallest absolute Gasteiger partial charge is 0.406 e. The van der Waals surface area contributed by atoms with Gasteiger partial charge in [-0.15, -0.1) is 13.2 Å². The van der Waals surface area contributed by atoms with Crippen molar-refractivity contribution in [1.82, 2.24) is 24.8 Å². The van der Waals surface area contributed by atoms with Gasteiger partial charge in [0.25, 0.3) is 5.91 Å². The Balaban J connectivity index is 1.28. The highest BCUT2D eigenvalue weighted by Gasteiger charge is 2.33. The van der Waals surface area contributed by atoms with Crippen LogP contribution in [0.1, 0.15) is 35.3 Å².